The summed E-state index contributed by atoms with van der Waals surface area (Å²) < 4.78 is 68.1. The molecule has 1 heterocycles. The number of nitrogens with zero attached hydrogens (tertiary/aromatic N) is 1. The summed E-state index contributed by atoms with van der Waals surface area (Å²) in [4.78, 5) is 24.8. The Morgan fingerprint density at radius 1 is 1.13 bits per heavy atom. The number of fused-ring (bicyclic) bond motifs is 1. The molecule has 0 saturated heterocycles. The van der Waals surface area contributed by atoms with Gasteiger partial charge in [0.15, 0.2) is 12.2 Å². The zero-order chi connectivity index (χ0) is 28.0. The molecule has 3 aromatic rings. The van der Waals surface area contributed by atoms with E-state index in [2.05, 4.69) is 4.74 Å². The number of benzene rings is 3. The molecule has 0 saturated carbocycles. The molecule has 0 bridgehead atoms. The lowest BCUT2D eigenvalue weighted by Gasteiger charge is -2.38. The largest absolute Gasteiger partial charge is 0.482 e. The molecule has 11 heteroatoms. The molecule has 2 atom stereocenters. The van der Waals surface area contributed by atoms with Crippen molar-refractivity contribution in [2.75, 3.05) is 25.7 Å². The molecule has 0 aliphatic carbocycles. The van der Waals surface area contributed by atoms with E-state index in [9.17, 15) is 32.3 Å². The van der Waals surface area contributed by atoms with Crippen molar-refractivity contribution in [3.8, 4) is 16.9 Å². The Kier molecular flexibility index (Phi) is 7.15. The SMILES string of the molecule is COC(=O)c1ccc(-c2ccc([C@H](C)[C@](O)(c3ccc4c(c3)N(C)C(=O)CO4)C(F)(F)F)c(Cl)c2)c(F)c1. The number of carbonyl (C=O) groups is 2. The van der Waals surface area contributed by atoms with Crippen LogP contribution in [-0.4, -0.2) is 43.9 Å². The van der Waals surface area contributed by atoms with Gasteiger partial charge in [0.25, 0.3) is 5.91 Å². The van der Waals surface area contributed by atoms with E-state index in [1.807, 2.05) is 0 Å². The molecule has 4 rings (SSSR count). The molecule has 1 N–H and O–H groups in total. The molecule has 0 aromatic heterocycles. The van der Waals surface area contributed by atoms with E-state index >= 15 is 0 Å². The third-order valence-corrected chi connectivity index (χ3v) is 7.04. The molecule has 0 radical (unpaired) electrons. The number of methoxy groups -OCH3 is 1. The maximum Gasteiger partial charge on any atom is 0.422 e. The van der Waals surface area contributed by atoms with Gasteiger partial charge in [0, 0.05) is 23.6 Å². The maximum absolute atomic E-state index is 14.7. The van der Waals surface area contributed by atoms with Crippen molar-refractivity contribution in [1.82, 2.24) is 0 Å². The molecule has 1 aliphatic heterocycles. The fraction of sp³-hybridized carbons (Fsp3) is 0.259. The molecule has 38 heavy (non-hydrogen) atoms. The average Bonchev–Trinajstić information content (AvgIpc) is 2.88. The van der Waals surface area contributed by atoms with E-state index in [1.165, 1.54) is 50.4 Å². The summed E-state index contributed by atoms with van der Waals surface area (Å²) in [5, 5.41) is 11.1. The van der Waals surface area contributed by atoms with Crippen LogP contribution >= 0.6 is 11.6 Å². The summed E-state index contributed by atoms with van der Waals surface area (Å²) in [5.41, 5.74) is -3.56. The minimum Gasteiger partial charge on any atom is -0.482 e. The van der Waals surface area contributed by atoms with Crippen molar-refractivity contribution < 1.29 is 41.7 Å². The van der Waals surface area contributed by atoms with Crippen LogP contribution < -0.4 is 9.64 Å². The topological polar surface area (TPSA) is 76.1 Å². The predicted molar refractivity (Wildman–Crippen MR) is 132 cm³/mol. The third-order valence-electron chi connectivity index (χ3n) is 6.71. The Labute approximate surface area is 220 Å². The highest BCUT2D eigenvalue weighted by Crippen LogP contribution is 2.51. The van der Waals surface area contributed by atoms with Crippen molar-refractivity contribution in [3.63, 3.8) is 0 Å². The first-order chi connectivity index (χ1) is 17.8. The van der Waals surface area contributed by atoms with E-state index < -0.39 is 41.0 Å². The number of rotatable bonds is 5. The summed E-state index contributed by atoms with van der Waals surface area (Å²) in [6.45, 7) is 0.918. The maximum atomic E-state index is 14.7. The van der Waals surface area contributed by atoms with Gasteiger partial charge in [-0.2, -0.15) is 13.2 Å². The fourth-order valence-corrected chi connectivity index (χ4v) is 4.78. The first-order valence-corrected chi connectivity index (χ1v) is 11.7. The number of ether oxygens (including phenoxy) is 2. The Morgan fingerprint density at radius 3 is 2.45 bits per heavy atom. The van der Waals surface area contributed by atoms with Gasteiger partial charge >= 0.3 is 12.1 Å². The van der Waals surface area contributed by atoms with E-state index in [1.54, 1.807) is 0 Å². The first-order valence-electron chi connectivity index (χ1n) is 11.3. The molecule has 0 unspecified atom stereocenters. The van der Waals surface area contributed by atoms with Crippen LogP contribution in [0.15, 0.2) is 54.6 Å². The summed E-state index contributed by atoms with van der Waals surface area (Å²) in [6, 6.07) is 11.0. The van der Waals surface area contributed by atoms with Gasteiger partial charge < -0.3 is 19.5 Å². The summed E-state index contributed by atoms with van der Waals surface area (Å²) >= 11 is 6.38. The number of alkyl halides is 3. The van der Waals surface area contributed by atoms with Crippen molar-refractivity contribution in [3.05, 3.63) is 82.1 Å². The third kappa shape index (κ3) is 4.58. The highest BCUT2D eigenvalue weighted by molar-refractivity contribution is 6.31. The molecule has 200 valence electrons. The lowest BCUT2D eigenvalue weighted by atomic mass is 9.77. The molecule has 3 aromatic carbocycles. The molecule has 0 fully saturated rings. The van der Waals surface area contributed by atoms with Crippen LogP contribution in [0.5, 0.6) is 5.75 Å². The summed E-state index contributed by atoms with van der Waals surface area (Å²) in [5.74, 6) is -3.35. The zero-order valence-electron chi connectivity index (χ0n) is 20.4. The number of hydrogen-bond donors (Lipinski definition) is 1. The molecular formula is C27H22ClF4NO5. The van der Waals surface area contributed by atoms with Crippen LogP contribution in [0.4, 0.5) is 23.2 Å². The number of likely N-dealkylation sites (N-methyl/N-ethyl adjacent to an activating group) is 1. The second-order valence-electron chi connectivity index (χ2n) is 8.83. The van der Waals surface area contributed by atoms with Gasteiger partial charge in [-0.05, 0) is 47.0 Å². The second-order valence-corrected chi connectivity index (χ2v) is 9.24. The van der Waals surface area contributed by atoms with Gasteiger partial charge in [-0.15, -0.1) is 0 Å². The molecule has 0 spiro atoms. The molecular weight excluding hydrogens is 530 g/mol. The van der Waals surface area contributed by atoms with Crippen LogP contribution in [0.3, 0.4) is 0 Å². The number of halogens is 5. The minimum atomic E-state index is -5.14. The van der Waals surface area contributed by atoms with Crippen molar-refractivity contribution >= 4 is 29.2 Å². The van der Waals surface area contributed by atoms with Gasteiger partial charge in [0.1, 0.15) is 11.6 Å². The van der Waals surface area contributed by atoms with Crippen LogP contribution in [0.1, 0.15) is 34.3 Å². The van der Waals surface area contributed by atoms with Gasteiger partial charge in [-0.3, -0.25) is 4.79 Å². The Hall–Kier alpha value is -3.63. The van der Waals surface area contributed by atoms with Gasteiger partial charge in [-0.1, -0.05) is 42.8 Å². The number of aliphatic hydroxyl groups is 1. The van der Waals surface area contributed by atoms with Crippen LogP contribution in [-0.2, 0) is 15.1 Å². The van der Waals surface area contributed by atoms with Gasteiger partial charge in [0.05, 0.1) is 18.4 Å². The number of esters is 1. The van der Waals surface area contributed by atoms with Crippen molar-refractivity contribution in [2.45, 2.75) is 24.6 Å². The Morgan fingerprint density at radius 2 is 1.84 bits per heavy atom. The smallest absolute Gasteiger partial charge is 0.422 e. The standard InChI is InChI=1S/C27H22ClF4NO5/c1-14(18-7-4-15(10-20(18)28)19-8-5-16(11-21(19)29)25(35)37-3)26(36,27(30,31)32)17-6-9-23-22(12-17)33(2)24(34)13-38-23/h4-12,14,36H,13H2,1-3H3/t14-,26-/m0/s1. The van der Waals surface area contributed by atoms with Crippen LogP contribution in [0.2, 0.25) is 5.02 Å². The molecule has 1 aliphatic rings. The summed E-state index contributed by atoms with van der Waals surface area (Å²) in [6.07, 6.45) is -5.14. The fourth-order valence-electron chi connectivity index (χ4n) is 4.43. The van der Waals surface area contributed by atoms with Crippen molar-refractivity contribution in [2.24, 2.45) is 0 Å². The Bertz CT molecular complexity index is 1430. The number of amides is 1. The van der Waals surface area contributed by atoms with E-state index in [0.29, 0.717) is 0 Å². The predicted octanol–water partition coefficient (Wildman–Crippen LogP) is 5.84. The zero-order valence-corrected chi connectivity index (χ0v) is 21.2. The first kappa shape index (κ1) is 27.4. The highest BCUT2D eigenvalue weighted by Gasteiger charge is 2.59. The van der Waals surface area contributed by atoms with E-state index in [-0.39, 0.29) is 45.3 Å². The monoisotopic (exact) mass is 551 g/mol. The normalized spacial score (nSPS) is 15.8. The van der Waals surface area contributed by atoms with E-state index in [4.69, 9.17) is 16.3 Å². The van der Waals surface area contributed by atoms with Gasteiger partial charge in [0.2, 0.25) is 0 Å². The summed E-state index contributed by atoms with van der Waals surface area (Å²) in [7, 11) is 2.56. The second kappa shape index (κ2) is 9.92. The van der Waals surface area contributed by atoms with Crippen molar-refractivity contribution in [1.29, 1.82) is 0 Å². The van der Waals surface area contributed by atoms with Crippen LogP contribution in [0, 0.1) is 5.82 Å². The lowest BCUT2D eigenvalue weighted by Crippen LogP contribution is -2.47. The molecule has 1 amide bonds. The number of carbonyl (C=O) groups excluding carboxylic acids is 2. The van der Waals surface area contributed by atoms with Crippen LogP contribution in [0.25, 0.3) is 11.1 Å². The van der Waals surface area contributed by atoms with Gasteiger partial charge in [-0.25, -0.2) is 9.18 Å². The molecule has 6 nitrogen and oxygen atoms in total. The quantitative estimate of drug-likeness (QED) is 0.318. The Balaban J connectivity index is 1.75. The number of anilines is 1. The minimum absolute atomic E-state index is 0.0110. The lowest BCUT2D eigenvalue weighted by molar-refractivity contribution is -0.274. The highest BCUT2D eigenvalue weighted by atomic mass is 35.5. The van der Waals surface area contributed by atoms with E-state index in [0.717, 1.165) is 30.2 Å². The number of hydrogen-bond acceptors (Lipinski definition) is 5. The average molecular weight is 552 g/mol.